The standard InChI is InChI=1S/C13H26O4/c1-4-6-8-15-10-13(17-12(3)14)11-16-9-7-5-2/h13H,4-11H2,1-3H3. The summed E-state index contributed by atoms with van der Waals surface area (Å²) in [6.45, 7) is 7.90. The molecule has 0 aromatic rings. The van der Waals surface area contributed by atoms with E-state index in [1.807, 2.05) is 0 Å². The maximum atomic E-state index is 10.9. The molecule has 0 aliphatic rings. The molecule has 0 aromatic carbocycles. The zero-order chi connectivity index (χ0) is 12.9. The summed E-state index contributed by atoms with van der Waals surface area (Å²) in [5.41, 5.74) is 0. The van der Waals surface area contributed by atoms with Crippen molar-refractivity contribution in [1.29, 1.82) is 0 Å². The van der Waals surface area contributed by atoms with Crippen LogP contribution in [0.4, 0.5) is 0 Å². The molecule has 0 fully saturated rings. The first-order chi connectivity index (χ1) is 8.20. The van der Waals surface area contributed by atoms with E-state index < -0.39 is 0 Å². The second-order valence-electron chi connectivity index (χ2n) is 4.09. The van der Waals surface area contributed by atoms with Crippen molar-refractivity contribution >= 4 is 5.97 Å². The summed E-state index contributed by atoms with van der Waals surface area (Å²) in [6.07, 6.45) is 3.99. The lowest BCUT2D eigenvalue weighted by Gasteiger charge is -2.17. The number of esters is 1. The molecule has 4 heteroatoms. The first-order valence-corrected chi connectivity index (χ1v) is 6.53. The number of ether oxygens (including phenoxy) is 3. The summed E-state index contributed by atoms with van der Waals surface area (Å²) < 4.78 is 16.0. The van der Waals surface area contributed by atoms with Gasteiger partial charge in [-0.25, -0.2) is 0 Å². The number of carbonyl (C=O) groups is 1. The maximum Gasteiger partial charge on any atom is 0.303 e. The first kappa shape index (κ1) is 16.4. The van der Waals surface area contributed by atoms with Crippen LogP contribution in [0.5, 0.6) is 0 Å². The van der Waals surface area contributed by atoms with Crippen LogP contribution >= 0.6 is 0 Å². The topological polar surface area (TPSA) is 44.8 Å². The molecule has 0 atom stereocenters. The summed E-state index contributed by atoms with van der Waals surface area (Å²) in [4.78, 5) is 10.9. The van der Waals surface area contributed by atoms with Crippen LogP contribution in [-0.2, 0) is 19.0 Å². The van der Waals surface area contributed by atoms with Gasteiger partial charge < -0.3 is 14.2 Å². The van der Waals surface area contributed by atoms with Gasteiger partial charge in [0.1, 0.15) is 6.10 Å². The van der Waals surface area contributed by atoms with Crippen molar-refractivity contribution in [2.75, 3.05) is 26.4 Å². The van der Waals surface area contributed by atoms with Crippen LogP contribution in [-0.4, -0.2) is 38.5 Å². The van der Waals surface area contributed by atoms with Crippen LogP contribution in [0.15, 0.2) is 0 Å². The van der Waals surface area contributed by atoms with E-state index in [-0.39, 0.29) is 12.1 Å². The molecule has 0 aliphatic heterocycles. The van der Waals surface area contributed by atoms with Crippen LogP contribution in [0.2, 0.25) is 0 Å². The third-order valence-electron chi connectivity index (χ3n) is 2.22. The summed E-state index contributed by atoms with van der Waals surface area (Å²) >= 11 is 0. The average Bonchev–Trinajstić information content (AvgIpc) is 2.29. The van der Waals surface area contributed by atoms with Gasteiger partial charge >= 0.3 is 5.97 Å². The van der Waals surface area contributed by atoms with E-state index >= 15 is 0 Å². The predicted octanol–water partition coefficient (Wildman–Crippen LogP) is 2.55. The Morgan fingerprint density at radius 1 is 1.00 bits per heavy atom. The van der Waals surface area contributed by atoms with E-state index in [1.54, 1.807) is 0 Å². The minimum Gasteiger partial charge on any atom is -0.458 e. The lowest BCUT2D eigenvalue weighted by molar-refractivity contribution is -0.153. The molecule has 17 heavy (non-hydrogen) atoms. The van der Waals surface area contributed by atoms with Gasteiger partial charge in [-0.2, -0.15) is 0 Å². The largest absolute Gasteiger partial charge is 0.458 e. The Kier molecular flexibility index (Phi) is 11.4. The van der Waals surface area contributed by atoms with Crippen molar-refractivity contribution in [3.63, 3.8) is 0 Å². The maximum absolute atomic E-state index is 10.9. The first-order valence-electron chi connectivity index (χ1n) is 6.53. The van der Waals surface area contributed by atoms with Crippen molar-refractivity contribution in [2.45, 2.75) is 52.6 Å². The Morgan fingerprint density at radius 3 is 1.82 bits per heavy atom. The van der Waals surface area contributed by atoms with Gasteiger partial charge in [-0.05, 0) is 12.8 Å². The number of rotatable bonds is 11. The molecule has 0 bridgehead atoms. The number of unbranched alkanes of at least 4 members (excludes halogenated alkanes) is 2. The number of carbonyl (C=O) groups excluding carboxylic acids is 1. The van der Waals surface area contributed by atoms with E-state index in [9.17, 15) is 4.79 Å². The highest BCUT2D eigenvalue weighted by atomic mass is 16.6. The molecule has 0 amide bonds. The molecule has 0 aromatic heterocycles. The van der Waals surface area contributed by atoms with Gasteiger partial charge in [-0.1, -0.05) is 26.7 Å². The molecule has 0 rings (SSSR count). The molecule has 102 valence electrons. The van der Waals surface area contributed by atoms with Crippen molar-refractivity contribution in [2.24, 2.45) is 0 Å². The SMILES string of the molecule is CCCCOCC(COCCCC)OC(C)=O. The average molecular weight is 246 g/mol. The van der Waals surface area contributed by atoms with Crippen LogP contribution in [0, 0.1) is 0 Å². The predicted molar refractivity (Wildman–Crippen MR) is 67.0 cm³/mol. The van der Waals surface area contributed by atoms with Gasteiger partial charge in [-0.15, -0.1) is 0 Å². The van der Waals surface area contributed by atoms with Crippen LogP contribution in [0.3, 0.4) is 0 Å². The molecule has 0 spiro atoms. The summed E-state index contributed by atoms with van der Waals surface area (Å²) in [5.74, 6) is -0.284. The Morgan fingerprint density at radius 2 is 1.47 bits per heavy atom. The zero-order valence-corrected chi connectivity index (χ0v) is 11.4. The number of hydrogen-bond acceptors (Lipinski definition) is 4. The van der Waals surface area contributed by atoms with Gasteiger partial charge in [0.15, 0.2) is 0 Å². The molecule has 0 saturated carbocycles. The van der Waals surface area contributed by atoms with E-state index in [1.165, 1.54) is 6.92 Å². The van der Waals surface area contributed by atoms with E-state index in [2.05, 4.69) is 13.8 Å². The fourth-order valence-corrected chi connectivity index (χ4v) is 1.27. The zero-order valence-electron chi connectivity index (χ0n) is 11.4. The Hall–Kier alpha value is -0.610. The molecule has 0 radical (unpaired) electrons. The highest BCUT2D eigenvalue weighted by Gasteiger charge is 2.12. The third kappa shape index (κ3) is 11.6. The third-order valence-corrected chi connectivity index (χ3v) is 2.22. The summed E-state index contributed by atoms with van der Waals surface area (Å²) in [7, 11) is 0. The smallest absolute Gasteiger partial charge is 0.303 e. The van der Waals surface area contributed by atoms with Gasteiger partial charge in [0, 0.05) is 20.1 Å². The molecular formula is C13H26O4. The monoisotopic (exact) mass is 246 g/mol. The van der Waals surface area contributed by atoms with Crippen molar-refractivity contribution < 1.29 is 19.0 Å². The molecule has 0 heterocycles. The number of hydrogen-bond donors (Lipinski definition) is 0. The van der Waals surface area contributed by atoms with E-state index in [0.717, 1.165) is 25.7 Å². The normalized spacial score (nSPS) is 10.8. The summed E-state index contributed by atoms with van der Waals surface area (Å²) in [5, 5.41) is 0. The minimum atomic E-state index is -0.284. The lowest BCUT2D eigenvalue weighted by atomic mass is 10.3. The minimum absolute atomic E-state index is 0.277. The van der Waals surface area contributed by atoms with Gasteiger partial charge in [0.25, 0.3) is 0 Å². The molecule has 0 saturated heterocycles. The highest BCUT2D eigenvalue weighted by molar-refractivity contribution is 5.66. The van der Waals surface area contributed by atoms with Crippen LogP contribution in [0.1, 0.15) is 46.5 Å². The van der Waals surface area contributed by atoms with Gasteiger partial charge in [0.05, 0.1) is 13.2 Å². The lowest BCUT2D eigenvalue weighted by Crippen LogP contribution is -2.28. The van der Waals surface area contributed by atoms with Gasteiger partial charge in [0.2, 0.25) is 0 Å². The fourth-order valence-electron chi connectivity index (χ4n) is 1.27. The van der Waals surface area contributed by atoms with Crippen LogP contribution in [0.25, 0.3) is 0 Å². The van der Waals surface area contributed by atoms with Crippen molar-refractivity contribution in [3.05, 3.63) is 0 Å². The molecule has 0 N–H and O–H groups in total. The molecule has 0 unspecified atom stereocenters. The second kappa shape index (κ2) is 11.9. The molecule has 4 nitrogen and oxygen atoms in total. The highest BCUT2D eigenvalue weighted by Crippen LogP contribution is 1.99. The molecular weight excluding hydrogens is 220 g/mol. The quantitative estimate of drug-likeness (QED) is 0.415. The fraction of sp³-hybridized carbons (Fsp3) is 0.923. The van der Waals surface area contributed by atoms with Crippen LogP contribution < -0.4 is 0 Å². The van der Waals surface area contributed by atoms with Crippen molar-refractivity contribution in [1.82, 2.24) is 0 Å². The Balaban J connectivity index is 3.68. The second-order valence-corrected chi connectivity index (χ2v) is 4.09. The van der Waals surface area contributed by atoms with Gasteiger partial charge in [-0.3, -0.25) is 4.79 Å². The van der Waals surface area contributed by atoms with E-state index in [4.69, 9.17) is 14.2 Å². The van der Waals surface area contributed by atoms with Crippen molar-refractivity contribution in [3.8, 4) is 0 Å². The summed E-state index contributed by atoms with van der Waals surface area (Å²) in [6, 6.07) is 0. The van der Waals surface area contributed by atoms with E-state index in [0.29, 0.717) is 26.4 Å². The Labute approximate surface area is 105 Å². The molecule has 0 aliphatic carbocycles. The Bertz CT molecular complexity index is 170.